The van der Waals surface area contributed by atoms with Crippen molar-refractivity contribution in [1.82, 2.24) is 20.4 Å². The minimum absolute atomic E-state index is 0.0182. The Balaban J connectivity index is 1.71. The van der Waals surface area contributed by atoms with E-state index in [-0.39, 0.29) is 19.4 Å². The van der Waals surface area contributed by atoms with Crippen LogP contribution < -0.4 is 15.0 Å². The number of aliphatic carboxylic acids is 1. The van der Waals surface area contributed by atoms with Crippen LogP contribution in [0.2, 0.25) is 0 Å². The van der Waals surface area contributed by atoms with Gasteiger partial charge in [0.15, 0.2) is 0 Å². The number of nitrogens with zero attached hydrogens (tertiary/aromatic N) is 3. The van der Waals surface area contributed by atoms with E-state index >= 15 is 0 Å². The molecule has 3 N–H and O–H groups in total. The Hall–Kier alpha value is -3.45. The number of aromatic nitrogens is 2. The number of aromatic amines is 1. The summed E-state index contributed by atoms with van der Waals surface area (Å²) in [6, 6.07) is 4.15. The van der Waals surface area contributed by atoms with Gasteiger partial charge in [0.25, 0.3) is 0 Å². The molecule has 2 amide bonds. The van der Waals surface area contributed by atoms with Crippen molar-refractivity contribution in [2.75, 3.05) is 25.5 Å². The molecule has 1 aliphatic heterocycles. The lowest BCUT2D eigenvalue weighted by Gasteiger charge is -2.26. The number of ether oxygens (including phenoxy) is 1. The molecule has 1 aromatic heterocycles. The number of carbonyl (C=O) groups is 3. The molecule has 2 unspecified atom stereocenters. The van der Waals surface area contributed by atoms with Gasteiger partial charge in [-0.1, -0.05) is 23.2 Å². The smallest absolute Gasteiger partial charge is 0.414 e. The molecule has 12 nitrogen and oxygen atoms in total. The molecule has 0 spiro atoms. The largest absolute Gasteiger partial charge is 0.772 e. The van der Waals surface area contributed by atoms with Gasteiger partial charge in [-0.25, -0.2) is 9.59 Å². The first-order chi connectivity index (χ1) is 16.1. The lowest BCUT2D eigenvalue weighted by molar-refractivity contribution is -0.141. The van der Waals surface area contributed by atoms with Gasteiger partial charge in [0.1, 0.15) is 23.7 Å². The first-order valence-corrected chi connectivity index (χ1v) is 11.6. The number of hydrogen-bond acceptors (Lipinski definition) is 8. The molecule has 1 fully saturated rings. The summed E-state index contributed by atoms with van der Waals surface area (Å²) >= 11 is -2.39. The molecule has 4 atom stereocenters. The van der Waals surface area contributed by atoms with E-state index in [1.165, 1.54) is 17.0 Å². The first kappa shape index (κ1) is 25.2. The van der Waals surface area contributed by atoms with Crippen molar-refractivity contribution in [3.63, 3.8) is 0 Å². The molecule has 184 valence electrons. The van der Waals surface area contributed by atoms with Crippen LogP contribution in [0, 0.1) is 6.92 Å². The fourth-order valence-electron chi connectivity index (χ4n) is 3.65. The minimum atomic E-state index is -2.39. The lowest BCUT2D eigenvalue weighted by atomic mass is 10.0. The Kier molecular flexibility index (Phi) is 7.89. The molecule has 0 bridgehead atoms. The molecule has 0 aliphatic carbocycles. The fraction of sp³-hybridized carbons (Fsp3) is 0.429. The van der Waals surface area contributed by atoms with Crippen molar-refractivity contribution in [3.05, 3.63) is 41.6 Å². The van der Waals surface area contributed by atoms with E-state index in [1.54, 1.807) is 44.2 Å². The summed E-state index contributed by atoms with van der Waals surface area (Å²) in [6.07, 6.45) is 1.02. The van der Waals surface area contributed by atoms with Crippen LogP contribution in [0.4, 0.5) is 10.6 Å². The summed E-state index contributed by atoms with van der Waals surface area (Å²) in [6.45, 7) is 1.86. The molecular weight excluding hydrogens is 466 g/mol. The average molecular weight is 493 g/mol. The van der Waals surface area contributed by atoms with Gasteiger partial charge in [0.2, 0.25) is 5.91 Å². The van der Waals surface area contributed by atoms with Crippen LogP contribution in [-0.4, -0.2) is 84.9 Å². The van der Waals surface area contributed by atoms with Gasteiger partial charge in [-0.15, -0.1) is 0 Å². The summed E-state index contributed by atoms with van der Waals surface area (Å²) in [7, 11) is 3.10. The molecule has 34 heavy (non-hydrogen) atoms. The van der Waals surface area contributed by atoms with Crippen molar-refractivity contribution >= 4 is 34.9 Å². The van der Waals surface area contributed by atoms with E-state index in [2.05, 4.69) is 15.5 Å². The highest BCUT2D eigenvalue weighted by Gasteiger charge is 2.40. The molecular formula is C21H26N5O7S-. The van der Waals surface area contributed by atoms with Crippen LogP contribution in [0.3, 0.4) is 0 Å². The van der Waals surface area contributed by atoms with Crippen LogP contribution in [0.1, 0.15) is 17.5 Å². The summed E-state index contributed by atoms with van der Waals surface area (Å²) in [5.41, 5.74) is 1.34. The van der Waals surface area contributed by atoms with Crippen LogP contribution in [0.15, 0.2) is 30.5 Å². The molecule has 1 aliphatic rings. The Morgan fingerprint density at radius 2 is 2.03 bits per heavy atom. The number of nitrogens with one attached hydrogen (secondary N) is 2. The van der Waals surface area contributed by atoms with Gasteiger partial charge in [-0.3, -0.25) is 14.1 Å². The molecule has 3 rings (SSSR count). The number of carboxylic acid groups (broad SMARTS) is 1. The van der Waals surface area contributed by atoms with Crippen molar-refractivity contribution in [1.29, 1.82) is 0 Å². The summed E-state index contributed by atoms with van der Waals surface area (Å²) in [5.74, 6) is -1.01. The minimum Gasteiger partial charge on any atom is -0.772 e. The second-order valence-electron chi connectivity index (χ2n) is 8.20. The van der Waals surface area contributed by atoms with E-state index in [1.807, 2.05) is 0 Å². The monoisotopic (exact) mass is 492 g/mol. The average Bonchev–Trinajstić information content (AvgIpc) is 3.40. The number of hydrogen-bond donors (Lipinski definition) is 3. The quantitative estimate of drug-likeness (QED) is 0.442. The van der Waals surface area contributed by atoms with E-state index in [0.717, 1.165) is 5.56 Å². The number of H-pyrrole nitrogens is 1. The number of rotatable bonds is 8. The zero-order chi connectivity index (χ0) is 25.0. The highest BCUT2D eigenvalue weighted by atomic mass is 32.2. The molecule has 13 heteroatoms. The maximum atomic E-state index is 13.1. The molecule has 2 aromatic rings. The van der Waals surface area contributed by atoms with Gasteiger partial charge in [-0.2, -0.15) is 5.10 Å². The van der Waals surface area contributed by atoms with Crippen molar-refractivity contribution in [2.24, 2.45) is 0 Å². The van der Waals surface area contributed by atoms with E-state index in [4.69, 9.17) is 4.74 Å². The van der Waals surface area contributed by atoms with Crippen LogP contribution in [0.5, 0.6) is 5.75 Å². The van der Waals surface area contributed by atoms with Crippen molar-refractivity contribution < 1.29 is 33.0 Å². The summed E-state index contributed by atoms with van der Waals surface area (Å²) < 4.78 is 28.3. The van der Waals surface area contributed by atoms with Gasteiger partial charge in [0, 0.05) is 37.9 Å². The number of amides is 2. The second-order valence-corrected chi connectivity index (χ2v) is 9.39. The fourth-order valence-corrected chi connectivity index (χ4v) is 4.27. The Morgan fingerprint density at radius 3 is 2.56 bits per heavy atom. The van der Waals surface area contributed by atoms with Crippen LogP contribution in [0.25, 0.3) is 0 Å². The van der Waals surface area contributed by atoms with Crippen molar-refractivity contribution in [3.8, 4) is 5.75 Å². The molecule has 1 saturated heterocycles. The summed E-state index contributed by atoms with van der Waals surface area (Å²) in [5, 5.41) is 18.1. The Bertz CT molecular complexity index is 1070. The number of carboxylic acids is 1. The number of carbonyl (C=O) groups excluding carboxylic acids is 2. The van der Waals surface area contributed by atoms with Crippen LogP contribution in [-0.2, 0) is 27.1 Å². The van der Waals surface area contributed by atoms with Gasteiger partial charge < -0.3 is 29.5 Å². The third kappa shape index (κ3) is 5.91. The molecule has 1 aromatic carbocycles. The van der Waals surface area contributed by atoms with E-state index in [9.17, 15) is 28.3 Å². The number of anilines is 1. The Morgan fingerprint density at radius 1 is 1.35 bits per heavy atom. The molecule has 0 saturated carbocycles. The Labute approximate surface area is 198 Å². The van der Waals surface area contributed by atoms with Gasteiger partial charge in [0.05, 0.1) is 6.20 Å². The standard InChI is InChI=1S/C21H27N5O7S/c1-12-10-22-24-18(12)26-11-15(34(31)32)9-17(26)19(27)23-16(20(28)29)8-13-4-6-14(7-5-13)33-21(30)25(2)3/h4-7,10,15-17H,8-9,11H2,1-3H3,(H,22,24)(H,23,27)(H,28,29)(H,31,32)/p-1/t15?,16-,17-/m0/s1. The third-order valence-corrected chi connectivity index (χ3v) is 6.36. The first-order valence-electron chi connectivity index (χ1n) is 10.4. The zero-order valence-electron chi connectivity index (χ0n) is 18.9. The van der Waals surface area contributed by atoms with Gasteiger partial charge >= 0.3 is 12.1 Å². The second kappa shape index (κ2) is 10.7. The molecule has 0 radical (unpaired) electrons. The molecule has 2 heterocycles. The topological polar surface area (TPSA) is 168 Å². The van der Waals surface area contributed by atoms with E-state index in [0.29, 0.717) is 17.1 Å². The zero-order valence-corrected chi connectivity index (χ0v) is 19.7. The lowest BCUT2D eigenvalue weighted by Crippen LogP contribution is -2.50. The van der Waals surface area contributed by atoms with Crippen molar-refractivity contribution in [2.45, 2.75) is 37.1 Å². The number of benzene rings is 1. The predicted molar refractivity (Wildman–Crippen MR) is 121 cm³/mol. The number of aryl methyl sites for hydroxylation is 1. The SMILES string of the molecule is Cc1cn[nH]c1N1CC(S(=O)[O-])C[C@H]1C(=O)N[C@@H](Cc1ccc(OC(=O)N(C)C)cc1)C(=O)O. The van der Waals surface area contributed by atoms with E-state index < -0.39 is 46.4 Å². The highest BCUT2D eigenvalue weighted by molar-refractivity contribution is 7.79. The summed E-state index contributed by atoms with van der Waals surface area (Å²) in [4.78, 5) is 39.4. The third-order valence-electron chi connectivity index (χ3n) is 5.47. The van der Waals surface area contributed by atoms with Gasteiger partial charge in [-0.05, 0) is 31.0 Å². The highest BCUT2D eigenvalue weighted by Crippen LogP contribution is 2.29. The maximum absolute atomic E-state index is 13.1. The predicted octanol–water partition coefficient (Wildman–Crippen LogP) is 0.417. The normalized spacial score (nSPS) is 19.4. The van der Waals surface area contributed by atoms with Crippen LogP contribution >= 0.6 is 0 Å². The maximum Gasteiger partial charge on any atom is 0.414 e.